The summed E-state index contributed by atoms with van der Waals surface area (Å²) in [6.07, 6.45) is 0. The summed E-state index contributed by atoms with van der Waals surface area (Å²) in [5.74, 6) is -0.169. The normalized spacial score (nSPS) is 10.8. The third-order valence-electron chi connectivity index (χ3n) is 2.01. The number of aromatic hydroxyl groups is 1. The molecular weight excluding hydrogens is 242 g/mol. The molecule has 0 spiro atoms. The quantitative estimate of drug-likeness (QED) is 0.679. The minimum atomic E-state index is -0.169. The van der Waals surface area contributed by atoms with E-state index < -0.39 is 0 Å². The van der Waals surface area contributed by atoms with Gasteiger partial charge >= 0.3 is 0 Å². The van der Waals surface area contributed by atoms with Crippen molar-refractivity contribution in [3.8, 4) is 5.75 Å². The lowest BCUT2D eigenvalue weighted by molar-refractivity contribution is 0.477. The van der Waals surface area contributed by atoms with Crippen LogP contribution in [0.25, 0.3) is 10.8 Å². The zero-order valence-corrected chi connectivity index (χ0v) is 9.16. The topological polar surface area (TPSA) is 20.2 Å². The van der Waals surface area contributed by atoms with Crippen LogP contribution in [0.2, 0.25) is 15.1 Å². The largest absolute Gasteiger partial charge is 0.505 e. The van der Waals surface area contributed by atoms with Gasteiger partial charge in [-0.3, -0.25) is 0 Å². The Morgan fingerprint density at radius 2 is 1.29 bits per heavy atom. The number of phenols is 1. The molecule has 14 heavy (non-hydrogen) atoms. The molecule has 0 amide bonds. The van der Waals surface area contributed by atoms with Crippen molar-refractivity contribution in [1.82, 2.24) is 0 Å². The van der Waals surface area contributed by atoms with Crippen molar-refractivity contribution in [3.05, 3.63) is 39.3 Å². The van der Waals surface area contributed by atoms with Crippen LogP contribution in [0.1, 0.15) is 0 Å². The Morgan fingerprint density at radius 3 is 1.86 bits per heavy atom. The fourth-order valence-corrected chi connectivity index (χ4v) is 2.07. The van der Waals surface area contributed by atoms with Gasteiger partial charge in [0.15, 0.2) is 5.75 Å². The first kappa shape index (κ1) is 9.91. The van der Waals surface area contributed by atoms with Crippen molar-refractivity contribution in [2.75, 3.05) is 0 Å². The molecular formula is C10H5Cl3O. The SMILES string of the molecule is Oc1c(Cl)c(Cl)c2ccccc2c1Cl. The standard InChI is InChI=1S/C10H5Cl3O/c11-7-5-3-1-2-4-6(5)8(12)10(14)9(7)13/h1-4,14H. The zero-order valence-electron chi connectivity index (χ0n) is 6.89. The second kappa shape index (κ2) is 3.50. The van der Waals surface area contributed by atoms with E-state index >= 15 is 0 Å². The van der Waals surface area contributed by atoms with Crippen LogP contribution < -0.4 is 0 Å². The highest BCUT2D eigenvalue weighted by Crippen LogP contribution is 2.43. The molecule has 0 unspecified atom stereocenters. The number of benzene rings is 2. The minimum Gasteiger partial charge on any atom is -0.505 e. The lowest BCUT2D eigenvalue weighted by Crippen LogP contribution is -1.79. The average Bonchev–Trinajstić information content (AvgIpc) is 2.23. The van der Waals surface area contributed by atoms with Gasteiger partial charge in [0.05, 0.1) is 10.0 Å². The first-order valence-corrected chi connectivity index (χ1v) is 5.00. The van der Waals surface area contributed by atoms with E-state index in [-0.39, 0.29) is 15.8 Å². The molecule has 0 saturated carbocycles. The van der Waals surface area contributed by atoms with E-state index in [9.17, 15) is 5.11 Å². The van der Waals surface area contributed by atoms with Crippen molar-refractivity contribution in [2.24, 2.45) is 0 Å². The molecule has 0 aliphatic heterocycles. The van der Waals surface area contributed by atoms with Crippen LogP contribution in [-0.2, 0) is 0 Å². The van der Waals surface area contributed by atoms with E-state index in [0.717, 1.165) is 5.39 Å². The Kier molecular flexibility index (Phi) is 2.48. The van der Waals surface area contributed by atoms with E-state index in [0.29, 0.717) is 10.4 Å². The Morgan fingerprint density at radius 1 is 0.786 bits per heavy atom. The van der Waals surface area contributed by atoms with Gasteiger partial charge in [-0.25, -0.2) is 0 Å². The van der Waals surface area contributed by atoms with Crippen LogP contribution in [-0.4, -0.2) is 5.11 Å². The number of halogens is 3. The predicted octanol–water partition coefficient (Wildman–Crippen LogP) is 4.51. The maximum absolute atomic E-state index is 9.54. The van der Waals surface area contributed by atoms with Crippen LogP contribution in [0.3, 0.4) is 0 Å². The summed E-state index contributed by atoms with van der Waals surface area (Å²) in [5, 5.41) is 11.6. The van der Waals surface area contributed by atoms with E-state index in [2.05, 4.69) is 0 Å². The molecule has 0 heterocycles. The Labute approximate surface area is 95.8 Å². The van der Waals surface area contributed by atoms with E-state index in [4.69, 9.17) is 34.8 Å². The lowest BCUT2D eigenvalue weighted by Gasteiger charge is -2.07. The van der Waals surface area contributed by atoms with Crippen molar-refractivity contribution in [2.45, 2.75) is 0 Å². The molecule has 0 aliphatic carbocycles. The highest BCUT2D eigenvalue weighted by Gasteiger charge is 2.14. The summed E-state index contributed by atoms with van der Waals surface area (Å²) >= 11 is 17.7. The summed E-state index contributed by atoms with van der Waals surface area (Å²) in [4.78, 5) is 0. The van der Waals surface area contributed by atoms with Gasteiger partial charge in [-0.05, 0) is 0 Å². The molecule has 1 N–H and O–H groups in total. The third-order valence-corrected chi connectivity index (χ3v) is 3.25. The predicted molar refractivity (Wildman–Crippen MR) is 60.6 cm³/mol. The molecule has 1 nitrogen and oxygen atoms in total. The molecule has 0 aromatic heterocycles. The summed E-state index contributed by atoms with van der Waals surface area (Å²) in [5.41, 5.74) is 0. The molecule has 0 radical (unpaired) electrons. The maximum Gasteiger partial charge on any atom is 0.154 e. The minimum absolute atomic E-state index is 0.0929. The van der Waals surface area contributed by atoms with Gasteiger partial charge in [-0.2, -0.15) is 0 Å². The van der Waals surface area contributed by atoms with Gasteiger partial charge in [0.25, 0.3) is 0 Å². The van der Waals surface area contributed by atoms with Gasteiger partial charge in [0, 0.05) is 10.8 Å². The average molecular weight is 248 g/mol. The van der Waals surface area contributed by atoms with Gasteiger partial charge in [-0.1, -0.05) is 59.1 Å². The number of hydrogen-bond acceptors (Lipinski definition) is 1. The number of fused-ring (bicyclic) bond motifs is 1. The highest BCUT2D eigenvalue weighted by atomic mass is 35.5. The van der Waals surface area contributed by atoms with Crippen LogP contribution in [0, 0.1) is 0 Å². The van der Waals surface area contributed by atoms with Gasteiger partial charge < -0.3 is 5.11 Å². The molecule has 0 atom stereocenters. The van der Waals surface area contributed by atoms with Crippen LogP contribution in [0.4, 0.5) is 0 Å². The number of hydrogen-bond donors (Lipinski definition) is 1. The van der Waals surface area contributed by atoms with Crippen LogP contribution >= 0.6 is 34.8 Å². The molecule has 0 saturated heterocycles. The van der Waals surface area contributed by atoms with Gasteiger partial charge in [0.1, 0.15) is 5.02 Å². The van der Waals surface area contributed by atoms with Crippen LogP contribution in [0.5, 0.6) is 5.75 Å². The first-order chi connectivity index (χ1) is 6.63. The Bertz CT molecular complexity index is 462. The molecule has 0 fully saturated rings. The van der Waals surface area contributed by atoms with Gasteiger partial charge in [0.2, 0.25) is 0 Å². The summed E-state index contributed by atoms with van der Waals surface area (Å²) in [7, 11) is 0. The molecule has 2 rings (SSSR count). The fraction of sp³-hybridized carbons (Fsp3) is 0. The molecule has 72 valence electrons. The zero-order chi connectivity index (χ0) is 10.3. The van der Waals surface area contributed by atoms with E-state index in [1.165, 1.54) is 0 Å². The van der Waals surface area contributed by atoms with Crippen molar-refractivity contribution in [3.63, 3.8) is 0 Å². The summed E-state index contributed by atoms with van der Waals surface area (Å²) in [6.45, 7) is 0. The highest BCUT2D eigenvalue weighted by molar-refractivity contribution is 6.49. The number of rotatable bonds is 0. The lowest BCUT2D eigenvalue weighted by atomic mass is 10.1. The monoisotopic (exact) mass is 246 g/mol. The van der Waals surface area contributed by atoms with Crippen molar-refractivity contribution in [1.29, 1.82) is 0 Å². The molecule has 0 aliphatic rings. The summed E-state index contributed by atoms with van der Waals surface area (Å²) < 4.78 is 0. The summed E-state index contributed by atoms with van der Waals surface area (Å²) in [6, 6.07) is 7.23. The second-order valence-corrected chi connectivity index (χ2v) is 3.97. The second-order valence-electron chi connectivity index (χ2n) is 2.84. The molecule has 2 aromatic rings. The third kappa shape index (κ3) is 1.33. The van der Waals surface area contributed by atoms with Gasteiger partial charge in [-0.15, -0.1) is 0 Å². The molecule has 4 heteroatoms. The smallest absolute Gasteiger partial charge is 0.154 e. The van der Waals surface area contributed by atoms with E-state index in [1.807, 2.05) is 12.1 Å². The maximum atomic E-state index is 9.54. The number of phenolic OH excluding ortho intramolecular Hbond substituents is 1. The van der Waals surface area contributed by atoms with Crippen LogP contribution in [0.15, 0.2) is 24.3 Å². The fourth-order valence-electron chi connectivity index (χ4n) is 1.31. The Balaban J connectivity index is 3.02. The van der Waals surface area contributed by atoms with Crippen molar-refractivity contribution >= 4 is 45.6 Å². The first-order valence-electron chi connectivity index (χ1n) is 3.87. The molecule has 0 bridgehead atoms. The molecule has 2 aromatic carbocycles. The van der Waals surface area contributed by atoms with E-state index in [1.54, 1.807) is 12.1 Å². The van der Waals surface area contributed by atoms with Crippen molar-refractivity contribution < 1.29 is 5.11 Å². The Hall–Kier alpha value is -0.630.